The maximum absolute atomic E-state index is 6.23. The molecule has 0 aromatic rings. The van der Waals surface area contributed by atoms with Gasteiger partial charge in [-0.2, -0.15) is 0 Å². The van der Waals surface area contributed by atoms with Gasteiger partial charge < -0.3 is 0 Å². The maximum Gasteiger partial charge on any atom is 0.0752 e. The van der Waals surface area contributed by atoms with E-state index < -0.39 is 0 Å². The van der Waals surface area contributed by atoms with E-state index in [0.717, 1.165) is 17.9 Å². The fourth-order valence-electron chi connectivity index (χ4n) is 1.41. The van der Waals surface area contributed by atoms with Crippen molar-refractivity contribution < 1.29 is 0 Å². The Morgan fingerprint density at radius 2 is 2.25 bits per heavy atom. The molecular formula is C11H17Cl. The monoisotopic (exact) mass is 184 g/mol. The van der Waals surface area contributed by atoms with Gasteiger partial charge in [-0.3, -0.25) is 0 Å². The summed E-state index contributed by atoms with van der Waals surface area (Å²) in [6.07, 6.45) is 6.00. The SMILES string of the molecule is C=C(C)C(Cl)/C(=C\CC)C1CC1. The quantitative estimate of drug-likeness (QED) is 0.459. The summed E-state index contributed by atoms with van der Waals surface area (Å²) in [5, 5.41) is 0.0810. The largest absolute Gasteiger partial charge is 0.113 e. The highest BCUT2D eigenvalue weighted by Crippen LogP contribution is 2.41. The van der Waals surface area contributed by atoms with Crippen LogP contribution < -0.4 is 0 Å². The van der Waals surface area contributed by atoms with Gasteiger partial charge >= 0.3 is 0 Å². The van der Waals surface area contributed by atoms with E-state index in [4.69, 9.17) is 11.6 Å². The minimum Gasteiger partial charge on any atom is -0.113 e. The minimum atomic E-state index is 0.0810. The highest BCUT2D eigenvalue weighted by Gasteiger charge is 2.29. The van der Waals surface area contributed by atoms with Crippen LogP contribution in [0.25, 0.3) is 0 Å². The molecule has 1 rings (SSSR count). The number of halogens is 1. The van der Waals surface area contributed by atoms with Crippen LogP contribution in [-0.2, 0) is 0 Å². The van der Waals surface area contributed by atoms with Gasteiger partial charge in [0.2, 0.25) is 0 Å². The van der Waals surface area contributed by atoms with Crippen LogP contribution in [0.5, 0.6) is 0 Å². The van der Waals surface area contributed by atoms with Crippen molar-refractivity contribution in [3.05, 3.63) is 23.8 Å². The van der Waals surface area contributed by atoms with Crippen LogP contribution in [0.2, 0.25) is 0 Å². The van der Waals surface area contributed by atoms with Crippen LogP contribution in [0.3, 0.4) is 0 Å². The molecule has 1 fully saturated rings. The van der Waals surface area contributed by atoms with Crippen molar-refractivity contribution in [2.24, 2.45) is 5.92 Å². The summed E-state index contributed by atoms with van der Waals surface area (Å²) in [7, 11) is 0. The molecule has 0 bridgehead atoms. The lowest BCUT2D eigenvalue weighted by Gasteiger charge is -2.13. The van der Waals surface area contributed by atoms with Crippen molar-refractivity contribution in [1.82, 2.24) is 0 Å². The third-order valence-corrected chi connectivity index (χ3v) is 2.84. The summed E-state index contributed by atoms with van der Waals surface area (Å²) in [6, 6.07) is 0. The zero-order chi connectivity index (χ0) is 9.14. The summed E-state index contributed by atoms with van der Waals surface area (Å²) in [4.78, 5) is 0. The molecule has 0 N–H and O–H groups in total. The third-order valence-electron chi connectivity index (χ3n) is 2.21. The van der Waals surface area contributed by atoms with Gasteiger partial charge in [-0.25, -0.2) is 0 Å². The van der Waals surface area contributed by atoms with Crippen LogP contribution in [0.4, 0.5) is 0 Å². The molecule has 1 atom stereocenters. The summed E-state index contributed by atoms with van der Waals surface area (Å²) >= 11 is 6.23. The molecule has 1 aliphatic rings. The lowest BCUT2D eigenvalue weighted by Crippen LogP contribution is -2.05. The van der Waals surface area contributed by atoms with Crippen molar-refractivity contribution in [1.29, 1.82) is 0 Å². The molecule has 0 aromatic heterocycles. The number of rotatable bonds is 4. The van der Waals surface area contributed by atoms with E-state index >= 15 is 0 Å². The molecule has 1 aliphatic carbocycles. The van der Waals surface area contributed by atoms with Crippen LogP contribution >= 0.6 is 11.6 Å². The first-order valence-corrected chi connectivity index (χ1v) is 5.09. The standard InChI is InChI=1S/C11H17Cl/c1-4-5-10(9-6-7-9)11(12)8(2)3/h5,9,11H,2,4,6-7H2,1,3H3/b10-5-. The average Bonchev–Trinajstić information content (AvgIpc) is 2.81. The van der Waals surface area contributed by atoms with E-state index in [1.165, 1.54) is 18.4 Å². The van der Waals surface area contributed by atoms with E-state index in [9.17, 15) is 0 Å². The van der Waals surface area contributed by atoms with Gasteiger partial charge in [-0.05, 0) is 37.7 Å². The minimum absolute atomic E-state index is 0.0810. The topological polar surface area (TPSA) is 0 Å². The summed E-state index contributed by atoms with van der Waals surface area (Å²) in [6.45, 7) is 8.06. The Morgan fingerprint density at radius 1 is 1.67 bits per heavy atom. The molecule has 0 aliphatic heterocycles. The fraction of sp³-hybridized carbons (Fsp3) is 0.636. The molecule has 0 spiro atoms. The third kappa shape index (κ3) is 2.38. The van der Waals surface area contributed by atoms with E-state index in [-0.39, 0.29) is 5.38 Å². The molecule has 0 heterocycles. The molecule has 0 radical (unpaired) electrons. The average molecular weight is 185 g/mol. The highest BCUT2D eigenvalue weighted by molar-refractivity contribution is 6.24. The Morgan fingerprint density at radius 3 is 2.58 bits per heavy atom. The van der Waals surface area contributed by atoms with Crippen molar-refractivity contribution in [3.63, 3.8) is 0 Å². The van der Waals surface area contributed by atoms with E-state index in [2.05, 4.69) is 19.6 Å². The lowest BCUT2D eigenvalue weighted by molar-refractivity contribution is 0.913. The van der Waals surface area contributed by atoms with Gasteiger partial charge in [0.15, 0.2) is 0 Å². The van der Waals surface area contributed by atoms with Crippen molar-refractivity contribution in [2.45, 2.75) is 38.5 Å². The second-order valence-corrected chi connectivity index (χ2v) is 4.03. The van der Waals surface area contributed by atoms with Gasteiger partial charge in [0, 0.05) is 0 Å². The maximum atomic E-state index is 6.23. The smallest absolute Gasteiger partial charge is 0.0752 e. The van der Waals surface area contributed by atoms with Crippen molar-refractivity contribution >= 4 is 11.6 Å². The molecule has 1 saturated carbocycles. The number of alkyl halides is 1. The molecule has 0 saturated heterocycles. The summed E-state index contributed by atoms with van der Waals surface area (Å²) in [5.41, 5.74) is 2.48. The number of allylic oxidation sites excluding steroid dienone is 3. The van der Waals surface area contributed by atoms with Gasteiger partial charge in [0.25, 0.3) is 0 Å². The molecule has 68 valence electrons. The Hall–Kier alpha value is -0.230. The van der Waals surface area contributed by atoms with Gasteiger partial charge in [0.1, 0.15) is 0 Å². The van der Waals surface area contributed by atoms with Crippen molar-refractivity contribution in [2.75, 3.05) is 0 Å². The Kier molecular flexibility index (Phi) is 3.39. The summed E-state index contributed by atoms with van der Waals surface area (Å²) in [5.74, 6) is 0.768. The first-order chi connectivity index (χ1) is 5.66. The lowest BCUT2D eigenvalue weighted by atomic mass is 10.0. The Bertz CT molecular complexity index is 199. The van der Waals surface area contributed by atoms with Crippen LogP contribution in [-0.4, -0.2) is 5.38 Å². The molecular weight excluding hydrogens is 168 g/mol. The van der Waals surface area contributed by atoms with E-state index in [1.807, 2.05) is 6.92 Å². The number of hydrogen-bond donors (Lipinski definition) is 0. The predicted octanol–water partition coefficient (Wildman–Crippen LogP) is 3.92. The van der Waals surface area contributed by atoms with Crippen molar-refractivity contribution in [3.8, 4) is 0 Å². The normalized spacial score (nSPS) is 20.8. The fourth-order valence-corrected chi connectivity index (χ4v) is 1.68. The first kappa shape index (κ1) is 9.85. The van der Waals surface area contributed by atoms with E-state index in [1.54, 1.807) is 0 Å². The number of hydrogen-bond acceptors (Lipinski definition) is 0. The molecule has 1 unspecified atom stereocenters. The van der Waals surface area contributed by atoms with Crippen LogP contribution in [0.15, 0.2) is 23.8 Å². The highest BCUT2D eigenvalue weighted by atomic mass is 35.5. The predicted molar refractivity (Wildman–Crippen MR) is 55.6 cm³/mol. The first-order valence-electron chi connectivity index (χ1n) is 4.66. The molecule has 0 nitrogen and oxygen atoms in total. The van der Waals surface area contributed by atoms with Gasteiger partial charge in [-0.1, -0.05) is 25.2 Å². The zero-order valence-electron chi connectivity index (χ0n) is 7.94. The van der Waals surface area contributed by atoms with Gasteiger partial charge in [0.05, 0.1) is 5.38 Å². The van der Waals surface area contributed by atoms with Crippen LogP contribution in [0, 0.1) is 5.92 Å². The Labute approximate surface area is 80.3 Å². The molecule has 12 heavy (non-hydrogen) atoms. The van der Waals surface area contributed by atoms with Gasteiger partial charge in [-0.15, -0.1) is 11.6 Å². The molecule has 0 aromatic carbocycles. The van der Waals surface area contributed by atoms with Crippen LogP contribution in [0.1, 0.15) is 33.1 Å². The second-order valence-electron chi connectivity index (χ2n) is 3.60. The second kappa shape index (κ2) is 4.13. The van der Waals surface area contributed by atoms with E-state index in [0.29, 0.717) is 0 Å². The Balaban J connectivity index is 2.64. The molecule has 1 heteroatoms. The summed E-state index contributed by atoms with van der Waals surface area (Å²) < 4.78 is 0. The zero-order valence-corrected chi connectivity index (χ0v) is 8.69. The molecule has 0 amide bonds.